The van der Waals surface area contributed by atoms with Crippen molar-refractivity contribution in [2.45, 2.75) is 0 Å². The van der Waals surface area contributed by atoms with Gasteiger partial charge >= 0.3 is 0 Å². The van der Waals surface area contributed by atoms with Gasteiger partial charge in [0.05, 0.1) is 67.3 Å². The fourth-order valence-corrected chi connectivity index (χ4v) is 16.5. The lowest BCUT2D eigenvalue weighted by Crippen LogP contribution is -1.97. The highest BCUT2D eigenvalue weighted by Gasteiger charge is 2.24. The molecule has 0 unspecified atom stereocenters. The standard InChI is InChI=1S/C51H33N5.C50H32N6/c1-2-14-39(15-3-1)56-49-25-24-35(33-45(49)44-20-12-28-54-51(44)56)41-18-11-19-43-42-17-4-5-23-48(42)55(50(41)43)40-16-10-13-34(32-40)36-29-37(46-21-6-8-26-52-46)31-38(30-36)47-22-7-9-27-53-47;1-2-14-36(15-3-1)56-48-25-24-34(30-42(48)41-20-12-28-53-50(41)56)38-18-11-19-40-39-17-4-5-23-47(39)55(49(38)40)37-16-10-13-33(29-37)35-31-45(43-21-6-8-26-51-43)54-46(32-35)44-22-7-9-27-52-44/h1-33H;1-32H. The van der Waals surface area contributed by atoms with E-state index in [4.69, 9.17) is 24.9 Å². The highest BCUT2D eigenvalue weighted by molar-refractivity contribution is 6.17. The van der Waals surface area contributed by atoms with Crippen LogP contribution in [0.1, 0.15) is 0 Å². The van der Waals surface area contributed by atoms with Crippen molar-refractivity contribution in [3.8, 4) is 113 Å². The van der Waals surface area contributed by atoms with Crippen molar-refractivity contribution >= 4 is 87.5 Å². The number of hydrogen-bond acceptors (Lipinski definition) is 7. The molecule has 112 heavy (non-hydrogen) atoms. The lowest BCUT2D eigenvalue weighted by atomic mass is 9.96. The van der Waals surface area contributed by atoms with Gasteiger partial charge in [0.2, 0.25) is 0 Å². The van der Waals surface area contributed by atoms with Crippen molar-refractivity contribution in [3.05, 3.63) is 395 Å². The Hall–Kier alpha value is -15.3. The topological polar surface area (TPSA) is 110 Å². The molecule has 0 amide bonds. The second-order valence-electron chi connectivity index (χ2n) is 28.0. The third-order valence-electron chi connectivity index (χ3n) is 21.5. The molecule has 22 rings (SSSR count). The average molecular weight is 1430 g/mol. The van der Waals surface area contributed by atoms with Crippen molar-refractivity contribution in [1.82, 2.24) is 53.2 Å². The molecule has 0 fully saturated rings. The van der Waals surface area contributed by atoms with Gasteiger partial charge in [0, 0.05) is 125 Å². The summed E-state index contributed by atoms with van der Waals surface area (Å²) in [6, 6.07) is 126. The van der Waals surface area contributed by atoms with Gasteiger partial charge in [0.15, 0.2) is 0 Å². The van der Waals surface area contributed by atoms with Gasteiger partial charge in [0.25, 0.3) is 0 Å². The van der Waals surface area contributed by atoms with E-state index < -0.39 is 0 Å². The summed E-state index contributed by atoms with van der Waals surface area (Å²) in [5, 5.41) is 9.44. The van der Waals surface area contributed by atoms with Gasteiger partial charge in [-0.25, -0.2) is 15.0 Å². The Kier molecular flexibility index (Phi) is 15.9. The first-order valence-corrected chi connectivity index (χ1v) is 37.6. The fraction of sp³-hybridized carbons (Fsp3) is 0. The van der Waals surface area contributed by atoms with Gasteiger partial charge < -0.3 is 9.13 Å². The lowest BCUT2D eigenvalue weighted by molar-refractivity contribution is 1.14. The van der Waals surface area contributed by atoms with Crippen LogP contribution in [-0.2, 0) is 0 Å². The van der Waals surface area contributed by atoms with Crippen molar-refractivity contribution in [1.29, 1.82) is 0 Å². The minimum Gasteiger partial charge on any atom is -0.309 e. The highest BCUT2D eigenvalue weighted by Crippen LogP contribution is 2.45. The van der Waals surface area contributed by atoms with Crippen molar-refractivity contribution in [3.63, 3.8) is 0 Å². The second-order valence-corrected chi connectivity index (χ2v) is 28.0. The quantitative estimate of drug-likeness (QED) is 0.120. The van der Waals surface area contributed by atoms with Crippen LogP contribution >= 0.6 is 0 Å². The third-order valence-corrected chi connectivity index (χ3v) is 21.5. The Bertz CT molecular complexity index is 6800. The number of para-hydroxylation sites is 6. The van der Waals surface area contributed by atoms with E-state index in [-0.39, 0.29) is 0 Å². The van der Waals surface area contributed by atoms with Crippen LogP contribution in [0.4, 0.5) is 0 Å². The van der Waals surface area contributed by atoms with Crippen molar-refractivity contribution < 1.29 is 0 Å². The number of nitrogens with zero attached hydrogens (tertiary/aromatic N) is 11. The van der Waals surface area contributed by atoms with Crippen LogP contribution in [0, 0.1) is 0 Å². The maximum absolute atomic E-state index is 5.02. The van der Waals surface area contributed by atoms with Gasteiger partial charge in [-0.3, -0.25) is 29.1 Å². The number of hydrogen-bond donors (Lipinski definition) is 0. The molecule has 11 aromatic heterocycles. The molecule has 0 atom stereocenters. The molecule has 11 heterocycles. The zero-order valence-electron chi connectivity index (χ0n) is 60.4. The fourth-order valence-electron chi connectivity index (χ4n) is 16.5. The molecule has 0 spiro atoms. The van der Waals surface area contributed by atoms with E-state index in [9.17, 15) is 0 Å². The zero-order chi connectivity index (χ0) is 74.0. The molecular formula is C101H65N11. The van der Waals surface area contributed by atoms with E-state index in [2.05, 4.69) is 307 Å². The van der Waals surface area contributed by atoms with Crippen LogP contribution in [0.2, 0.25) is 0 Å². The Balaban J connectivity index is 0.000000141. The Morgan fingerprint density at radius 3 is 0.973 bits per heavy atom. The molecule has 0 saturated heterocycles. The zero-order valence-corrected chi connectivity index (χ0v) is 60.4. The molecule has 0 aliphatic heterocycles. The minimum absolute atomic E-state index is 0.799. The van der Waals surface area contributed by atoms with E-state index in [1.807, 2.05) is 104 Å². The molecule has 0 radical (unpaired) electrons. The predicted octanol–water partition coefficient (Wildman–Crippen LogP) is 24.9. The van der Waals surface area contributed by atoms with Gasteiger partial charge in [-0.05, 0) is 221 Å². The molecule has 11 aromatic carbocycles. The average Bonchev–Trinajstić information content (AvgIpc) is 1.58. The minimum atomic E-state index is 0.799. The Morgan fingerprint density at radius 1 is 0.170 bits per heavy atom. The van der Waals surface area contributed by atoms with Gasteiger partial charge in [-0.1, -0.05) is 170 Å². The summed E-state index contributed by atoms with van der Waals surface area (Å²) in [4.78, 5) is 33.4. The Labute approximate surface area is 644 Å². The van der Waals surface area contributed by atoms with E-state index in [0.717, 1.165) is 157 Å². The van der Waals surface area contributed by atoms with Crippen molar-refractivity contribution in [2.75, 3.05) is 0 Å². The van der Waals surface area contributed by atoms with Gasteiger partial charge in [-0.15, -0.1) is 0 Å². The lowest BCUT2D eigenvalue weighted by Gasteiger charge is -2.15. The molecule has 11 heteroatoms. The first-order valence-electron chi connectivity index (χ1n) is 37.6. The number of rotatable bonds is 12. The maximum atomic E-state index is 5.02. The molecular weight excluding hydrogens is 1370 g/mol. The van der Waals surface area contributed by atoms with E-state index >= 15 is 0 Å². The highest BCUT2D eigenvalue weighted by atomic mass is 15.1. The smallest absolute Gasteiger partial charge is 0.145 e. The van der Waals surface area contributed by atoms with Crippen LogP contribution in [-0.4, -0.2) is 53.2 Å². The van der Waals surface area contributed by atoms with E-state index in [1.165, 1.54) is 43.4 Å². The summed E-state index contributed by atoms with van der Waals surface area (Å²) in [5.41, 5.74) is 29.3. The SMILES string of the molecule is c1ccc(-n2c3ccc(-c4cccc5c6ccccc6n(-c6cccc(-c7cc(-c8ccccn8)cc(-c8ccccn8)c7)c6)c45)cc3c3cccnc32)cc1.c1ccc(-n2c3ccc(-c4cccc5c6ccccc6n(-c6cccc(-c7cc(-c8ccccn8)nc(-c8ccccn8)c7)c6)c45)cc3c3cccnc32)cc1. The summed E-state index contributed by atoms with van der Waals surface area (Å²) in [6.45, 7) is 0. The van der Waals surface area contributed by atoms with Crippen LogP contribution < -0.4 is 0 Å². The predicted molar refractivity (Wildman–Crippen MR) is 458 cm³/mol. The summed E-state index contributed by atoms with van der Waals surface area (Å²) in [6.07, 6.45) is 11.1. The third kappa shape index (κ3) is 11.3. The van der Waals surface area contributed by atoms with Crippen LogP contribution in [0.25, 0.3) is 200 Å². The largest absolute Gasteiger partial charge is 0.309 e. The Morgan fingerprint density at radius 2 is 0.527 bits per heavy atom. The molecule has 0 bridgehead atoms. The number of fused-ring (bicyclic) bond motifs is 12. The molecule has 0 N–H and O–H groups in total. The molecule has 0 aliphatic rings. The molecule has 0 aliphatic carbocycles. The number of benzene rings is 11. The summed E-state index contributed by atoms with van der Waals surface area (Å²) >= 11 is 0. The first kappa shape index (κ1) is 65.0. The number of pyridine rings is 7. The maximum Gasteiger partial charge on any atom is 0.145 e. The number of aromatic nitrogens is 11. The summed E-state index contributed by atoms with van der Waals surface area (Å²) in [7, 11) is 0. The van der Waals surface area contributed by atoms with Gasteiger partial charge in [0.1, 0.15) is 11.3 Å². The van der Waals surface area contributed by atoms with Crippen LogP contribution in [0.5, 0.6) is 0 Å². The van der Waals surface area contributed by atoms with E-state index in [1.54, 1.807) is 12.4 Å². The molecule has 524 valence electrons. The van der Waals surface area contributed by atoms with E-state index in [0.29, 0.717) is 0 Å². The van der Waals surface area contributed by atoms with Crippen LogP contribution in [0.15, 0.2) is 395 Å². The molecule has 0 saturated carbocycles. The normalized spacial score (nSPS) is 11.6. The van der Waals surface area contributed by atoms with Crippen LogP contribution in [0.3, 0.4) is 0 Å². The monoisotopic (exact) mass is 1430 g/mol. The second kappa shape index (κ2) is 27.5. The molecule has 22 aromatic rings. The van der Waals surface area contributed by atoms with Gasteiger partial charge in [-0.2, -0.15) is 0 Å². The molecule has 11 nitrogen and oxygen atoms in total. The summed E-state index contributed by atoms with van der Waals surface area (Å²) < 4.78 is 9.38. The van der Waals surface area contributed by atoms with Crippen molar-refractivity contribution in [2.24, 2.45) is 0 Å². The first-order chi connectivity index (χ1) is 55.6. The summed E-state index contributed by atoms with van der Waals surface area (Å²) in [5.74, 6) is 0.